The standard InChI is InChI=1S/2C12H6F19O4P.2H3N/c2*13-4(14,1-3(32)2-35-36(33)34)6(16,17)8(20,21)10(24,25)9(22,23)7(18,19)5(15,11(26,27)28)12(29,30)31;;/h2*3,32H,1-2H2;2*1H3/p+2. The van der Waals surface area contributed by atoms with Crippen molar-refractivity contribution in [3.8, 4) is 0 Å². The van der Waals surface area contributed by atoms with E-state index >= 15 is 0 Å². The molecule has 0 aromatic rings. The van der Waals surface area contributed by atoms with Gasteiger partial charge in [0.05, 0.1) is 12.2 Å². The van der Waals surface area contributed by atoms with Crippen LogP contribution in [0.2, 0.25) is 0 Å². The van der Waals surface area contributed by atoms with Gasteiger partial charge in [0.2, 0.25) is 0 Å². The Balaban J connectivity index is -0.000000645. The molecular weight excluding hydrogens is 1230 g/mol. The Bertz CT molecular complexity index is 1720. The fraction of sp³-hybridized carbons (Fsp3) is 1.00. The van der Waals surface area contributed by atoms with Crippen LogP contribution in [0, 0.1) is 0 Å². The number of quaternary nitrogens is 2. The molecule has 10 N–H and O–H groups in total. The second-order valence-corrected chi connectivity index (χ2v) is 14.6. The molecule has 0 aliphatic rings. The summed E-state index contributed by atoms with van der Waals surface area (Å²) in [6.07, 6.45) is -46.8. The average molecular weight is 1250 g/mol. The maximum absolute atomic E-state index is 13.6. The highest BCUT2D eigenvalue weighted by Gasteiger charge is 3.00. The van der Waals surface area contributed by atoms with Crippen LogP contribution >= 0.6 is 16.5 Å². The minimum absolute atomic E-state index is 0. The van der Waals surface area contributed by atoms with E-state index < -0.39 is 162 Å². The molecule has 0 saturated heterocycles. The van der Waals surface area contributed by atoms with Crippen LogP contribution in [0.3, 0.4) is 0 Å². The molecule has 0 aliphatic heterocycles. The zero-order valence-electron chi connectivity index (χ0n) is 33.6. The van der Waals surface area contributed by atoms with Crippen molar-refractivity contribution in [3.63, 3.8) is 0 Å². The minimum atomic E-state index is -9.13. The van der Waals surface area contributed by atoms with Gasteiger partial charge in [-0.1, -0.05) is 0 Å². The van der Waals surface area contributed by atoms with E-state index in [0.717, 1.165) is 0 Å². The van der Waals surface area contributed by atoms with Crippen molar-refractivity contribution < 1.29 is 205 Å². The van der Waals surface area contributed by atoms with Crippen LogP contribution < -0.4 is 22.1 Å². The third-order valence-electron chi connectivity index (χ3n) is 8.23. The smallest absolute Gasteiger partial charge is 0.488 e. The van der Waals surface area contributed by atoms with Gasteiger partial charge in [0.1, 0.15) is 13.2 Å². The van der Waals surface area contributed by atoms with Crippen molar-refractivity contribution >= 4 is 16.5 Å². The van der Waals surface area contributed by atoms with E-state index in [1.165, 1.54) is 0 Å². The van der Waals surface area contributed by atoms with Gasteiger partial charge in [-0.15, -0.1) is 9.05 Å². The summed E-state index contributed by atoms with van der Waals surface area (Å²) < 4.78 is 525. The Kier molecular flexibility index (Phi) is 23.3. The lowest BCUT2D eigenvalue weighted by atomic mass is 9.83. The topological polar surface area (TPSA) is 212 Å². The summed E-state index contributed by atoms with van der Waals surface area (Å²) in [5, 5.41) is 17.7. The van der Waals surface area contributed by atoms with Gasteiger partial charge in [-0.05, 0) is 9.13 Å². The first-order valence-electron chi connectivity index (χ1n) is 15.7. The van der Waals surface area contributed by atoms with E-state index in [0.29, 0.717) is 0 Å². The summed E-state index contributed by atoms with van der Waals surface area (Å²) in [6.45, 7) is -4.02. The molecule has 0 fully saturated rings. The van der Waals surface area contributed by atoms with Crippen molar-refractivity contribution in [3.05, 3.63) is 0 Å². The maximum Gasteiger partial charge on any atom is 0.488 e. The first-order valence-corrected chi connectivity index (χ1v) is 17.9. The van der Waals surface area contributed by atoms with E-state index in [1.807, 2.05) is 0 Å². The lowest BCUT2D eigenvalue weighted by molar-refractivity contribution is -0.472. The van der Waals surface area contributed by atoms with Crippen molar-refractivity contribution in [1.29, 1.82) is 0 Å². The summed E-state index contributed by atoms with van der Waals surface area (Å²) in [7, 11) is -8.13. The molecule has 74 heavy (non-hydrogen) atoms. The number of hydrogen-bond acceptors (Lipinski definition) is 8. The summed E-state index contributed by atoms with van der Waals surface area (Å²) in [6, 6.07) is 0. The quantitative estimate of drug-likeness (QED) is 0.0603. The average Bonchev–Trinajstić information content (AvgIpc) is 3.12. The highest BCUT2D eigenvalue weighted by Crippen LogP contribution is 2.68. The number of aliphatic hydroxyl groups is 2. The molecule has 4 atom stereocenters. The minimum Gasteiger partial charge on any atom is -0.566 e. The van der Waals surface area contributed by atoms with Crippen LogP contribution in [-0.4, -0.2) is 143 Å². The van der Waals surface area contributed by atoms with Gasteiger partial charge in [0.25, 0.3) is 0 Å². The number of rotatable bonds is 22. The monoisotopic (exact) mass is 1250 g/mol. The highest BCUT2D eigenvalue weighted by atomic mass is 31.1. The zero-order chi connectivity index (χ0) is 59.6. The molecule has 4 unspecified atom stereocenters. The van der Waals surface area contributed by atoms with Crippen molar-refractivity contribution in [1.82, 2.24) is 12.3 Å². The van der Waals surface area contributed by atoms with Gasteiger partial charge in [0.15, 0.2) is 0 Å². The number of alkyl halides is 38. The molecule has 0 radical (unpaired) electrons. The van der Waals surface area contributed by atoms with Crippen molar-refractivity contribution in [2.24, 2.45) is 0 Å². The Morgan fingerprint density at radius 1 is 0.311 bits per heavy atom. The molecule has 0 amide bonds. The largest absolute Gasteiger partial charge is 0.566 e. The Morgan fingerprint density at radius 2 is 0.459 bits per heavy atom. The van der Waals surface area contributed by atoms with Crippen molar-refractivity contribution in [2.45, 2.75) is 132 Å². The summed E-state index contributed by atoms with van der Waals surface area (Å²) in [5.41, 5.74) is -17.6. The molecule has 448 valence electrons. The molecule has 0 aliphatic carbocycles. The van der Waals surface area contributed by atoms with Crippen LogP contribution in [0.5, 0.6) is 0 Å². The second kappa shape index (κ2) is 22.2. The summed E-state index contributed by atoms with van der Waals surface area (Å²) >= 11 is 0. The summed E-state index contributed by atoms with van der Waals surface area (Å²) in [5.74, 6) is -102. The van der Waals surface area contributed by atoms with E-state index in [-0.39, 0.29) is 12.3 Å². The van der Waals surface area contributed by atoms with Crippen LogP contribution in [0.4, 0.5) is 167 Å². The van der Waals surface area contributed by atoms with Crippen LogP contribution in [0.15, 0.2) is 0 Å². The molecule has 0 aromatic carbocycles. The van der Waals surface area contributed by atoms with Gasteiger partial charge in [-0.2, -0.15) is 158 Å². The molecule has 0 saturated carbocycles. The molecule has 0 heterocycles. The van der Waals surface area contributed by atoms with Gasteiger partial charge < -0.3 is 32.3 Å². The normalized spacial score (nSPS) is 16.8. The lowest BCUT2D eigenvalue weighted by Crippen LogP contribution is -2.77. The number of aliphatic hydroxyl groups excluding tert-OH is 2. The second-order valence-electron chi connectivity index (χ2n) is 13.2. The zero-order valence-corrected chi connectivity index (χ0v) is 35.4. The predicted molar refractivity (Wildman–Crippen MR) is 152 cm³/mol. The third kappa shape index (κ3) is 12.4. The maximum atomic E-state index is 13.6. The molecule has 0 aromatic heterocycles. The Labute approximate surface area is 380 Å². The van der Waals surface area contributed by atoms with Crippen LogP contribution in [-0.2, 0) is 18.2 Å². The summed E-state index contributed by atoms with van der Waals surface area (Å²) in [4.78, 5) is 20.0. The molecule has 50 heteroatoms. The Hall–Kier alpha value is -2.78. The molecule has 10 nitrogen and oxygen atoms in total. The van der Waals surface area contributed by atoms with Gasteiger partial charge >= 0.3 is 124 Å². The van der Waals surface area contributed by atoms with Gasteiger partial charge in [-0.3, -0.25) is 0 Å². The van der Waals surface area contributed by atoms with E-state index in [9.17, 15) is 186 Å². The van der Waals surface area contributed by atoms with Crippen molar-refractivity contribution in [2.75, 3.05) is 13.2 Å². The first kappa shape index (κ1) is 77.7. The van der Waals surface area contributed by atoms with E-state index in [4.69, 9.17) is 10.2 Å². The fourth-order valence-electron chi connectivity index (χ4n) is 4.37. The first-order chi connectivity index (χ1) is 30.6. The molecular formula is C24H20F38N2O8P2+2. The molecule has 0 bridgehead atoms. The number of halogens is 38. The third-order valence-corrected chi connectivity index (χ3v) is 8.95. The molecule has 0 spiro atoms. The lowest BCUT2D eigenvalue weighted by Gasteiger charge is -2.45. The van der Waals surface area contributed by atoms with E-state index in [1.54, 1.807) is 0 Å². The predicted octanol–water partition coefficient (Wildman–Crippen LogP) is 11.6. The molecule has 0 rings (SSSR count). The van der Waals surface area contributed by atoms with Crippen LogP contribution in [0.1, 0.15) is 12.8 Å². The fourth-order valence-corrected chi connectivity index (χ4v) is 4.96. The SMILES string of the molecule is O=[P+]([O-])OCC(O)CC(F)(F)C(F)(F)C(F)(F)C(F)(F)C(F)(F)C(F)(F)C(F)(C(F)(F)F)C(F)(F)F.O=[P+]([O-])OCC(O)CC(F)(F)C(F)(F)C(F)(F)C(F)(F)C(F)(F)C(F)(F)C(F)(C(F)(F)F)C(F)(F)F.[NH4+].[NH4+]. The highest BCUT2D eigenvalue weighted by molar-refractivity contribution is 7.30. The number of hydrogen-bond donors (Lipinski definition) is 4. The van der Waals surface area contributed by atoms with E-state index in [2.05, 4.69) is 9.05 Å². The van der Waals surface area contributed by atoms with Gasteiger partial charge in [0, 0.05) is 12.8 Å². The Morgan fingerprint density at radius 3 is 0.608 bits per heavy atom. The van der Waals surface area contributed by atoms with Crippen LogP contribution in [0.25, 0.3) is 0 Å². The van der Waals surface area contributed by atoms with Gasteiger partial charge in [-0.25, -0.2) is 8.78 Å².